The first-order valence-corrected chi connectivity index (χ1v) is 26.9. The number of fused-ring (bicyclic) bond motifs is 1. The number of nitrogen functional groups attached to an aromatic ring is 1. The zero-order valence-corrected chi connectivity index (χ0v) is 43.4. The number of ether oxygens (including phenoxy) is 1. The summed E-state index contributed by atoms with van der Waals surface area (Å²) in [6.45, 7) is 12.0. The van der Waals surface area contributed by atoms with Crippen LogP contribution in [0.4, 0.5) is 11.6 Å². The molecular formula is C56H71N13O6. The highest BCUT2D eigenvalue weighted by Gasteiger charge is 2.44. The van der Waals surface area contributed by atoms with Crippen LogP contribution < -0.4 is 16.0 Å². The third-order valence-electron chi connectivity index (χ3n) is 16.3. The van der Waals surface area contributed by atoms with Crippen LogP contribution in [-0.2, 0) is 23.1 Å². The lowest BCUT2D eigenvalue weighted by molar-refractivity contribution is -0.131. The predicted octanol–water partition coefficient (Wildman–Crippen LogP) is 6.48. The molecule has 0 bridgehead atoms. The first-order chi connectivity index (χ1) is 36.3. The number of phenols is 1. The number of phenolic OH excluding ortho intramolecular Hbond substituents is 1. The van der Waals surface area contributed by atoms with Crippen LogP contribution in [0.25, 0.3) is 39.4 Å². The van der Waals surface area contributed by atoms with Crippen molar-refractivity contribution < 1.29 is 29.4 Å². The highest BCUT2D eigenvalue weighted by atomic mass is 16.5. The average Bonchev–Trinajstić information content (AvgIpc) is 4.27. The maximum absolute atomic E-state index is 13.8. The van der Waals surface area contributed by atoms with E-state index in [4.69, 9.17) is 15.0 Å². The van der Waals surface area contributed by atoms with Crippen molar-refractivity contribution in [3.63, 3.8) is 0 Å². The SMILES string of the molecule is CC(C)[C@H](c1cc(N2CCC(CN3CCC(OC4CC(Cn5cc(-c6cn7cc(-c8ccccc8O)nc7nc6N)cn5)C4)CC3)CC2)no1)C(O)N1C[C@H](O)C[C@H]1C(=O)N[C@@H](C)c1ccc(-c2ccnn2C)cc1. The number of β-amino-alcohol motifs (C(OH)–C–C–N with tert-alkyl or cyclic N) is 1. The molecule has 1 aliphatic carbocycles. The average molecular weight is 1020 g/mol. The van der Waals surface area contributed by atoms with E-state index in [1.807, 2.05) is 115 Å². The van der Waals surface area contributed by atoms with Crippen molar-refractivity contribution >= 4 is 23.3 Å². The van der Waals surface area contributed by atoms with Crippen molar-refractivity contribution in [1.82, 2.24) is 54.2 Å². The minimum absolute atomic E-state index is 0.0296. The molecule has 1 saturated carbocycles. The zero-order valence-electron chi connectivity index (χ0n) is 43.4. The van der Waals surface area contributed by atoms with Gasteiger partial charge in [-0.1, -0.05) is 55.4 Å². The Labute approximate surface area is 437 Å². The molecule has 19 heteroatoms. The number of anilines is 2. The number of nitrogens with two attached hydrogens (primary N) is 1. The molecule has 1 amide bonds. The van der Waals surface area contributed by atoms with Crippen molar-refractivity contribution in [3.05, 3.63) is 103 Å². The van der Waals surface area contributed by atoms with Gasteiger partial charge in [0.05, 0.1) is 53.9 Å². The van der Waals surface area contributed by atoms with Crippen LogP contribution in [0.5, 0.6) is 5.75 Å². The number of nitrogens with zero attached hydrogens (tertiary/aromatic N) is 11. The Bertz CT molecular complexity index is 3050. The van der Waals surface area contributed by atoms with E-state index in [2.05, 4.69) is 40.4 Å². The fourth-order valence-corrected chi connectivity index (χ4v) is 12.0. The number of amides is 1. The van der Waals surface area contributed by atoms with Gasteiger partial charge in [0.1, 0.15) is 23.6 Å². The van der Waals surface area contributed by atoms with Gasteiger partial charge in [-0.2, -0.15) is 15.2 Å². The number of likely N-dealkylation sites (tertiary alicyclic amines) is 2. The molecule has 4 aliphatic rings. The molecule has 396 valence electrons. The number of piperidine rings is 2. The van der Waals surface area contributed by atoms with E-state index in [0.717, 1.165) is 112 Å². The number of aliphatic hydroxyl groups is 2. The van der Waals surface area contributed by atoms with E-state index >= 15 is 0 Å². The molecule has 4 fully saturated rings. The molecule has 2 aromatic carbocycles. The second-order valence-electron chi connectivity index (χ2n) is 21.9. The van der Waals surface area contributed by atoms with Gasteiger partial charge in [-0.3, -0.25) is 23.5 Å². The van der Waals surface area contributed by atoms with Crippen molar-refractivity contribution in [1.29, 1.82) is 0 Å². The monoisotopic (exact) mass is 1020 g/mol. The smallest absolute Gasteiger partial charge is 0.238 e. The lowest BCUT2D eigenvalue weighted by atomic mass is 9.82. The van der Waals surface area contributed by atoms with Gasteiger partial charge in [0.25, 0.3) is 0 Å². The lowest BCUT2D eigenvalue weighted by Gasteiger charge is -2.41. The van der Waals surface area contributed by atoms with E-state index in [-0.39, 0.29) is 36.6 Å². The molecule has 6 N–H and O–H groups in total. The molecule has 0 radical (unpaired) electrons. The summed E-state index contributed by atoms with van der Waals surface area (Å²) in [5, 5.41) is 49.7. The molecule has 11 rings (SSSR count). The first kappa shape index (κ1) is 50.5. The van der Waals surface area contributed by atoms with E-state index in [1.165, 1.54) is 0 Å². The Kier molecular flexibility index (Phi) is 14.5. The number of hydrogen-bond donors (Lipinski definition) is 5. The number of imidazole rings is 1. The Morgan fingerprint density at radius 1 is 0.867 bits per heavy atom. The van der Waals surface area contributed by atoms with Gasteiger partial charge in [0, 0.05) is 100 Å². The molecule has 3 aliphatic heterocycles. The van der Waals surface area contributed by atoms with Crippen LogP contribution in [-0.4, -0.2) is 140 Å². The van der Waals surface area contributed by atoms with Crippen molar-refractivity contribution in [2.75, 3.05) is 49.9 Å². The van der Waals surface area contributed by atoms with Crippen LogP contribution >= 0.6 is 0 Å². The summed E-state index contributed by atoms with van der Waals surface area (Å²) in [4.78, 5) is 29.6. The predicted molar refractivity (Wildman–Crippen MR) is 284 cm³/mol. The van der Waals surface area contributed by atoms with Crippen LogP contribution in [0.15, 0.2) is 96.2 Å². The number of hydrogen-bond acceptors (Lipinski definition) is 15. The summed E-state index contributed by atoms with van der Waals surface area (Å²) in [5.74, 6) is 2.76. The third kappa shape index (κ3) is 10.9. The zero-order chi connectivity index (χ0) is 51.9. The summed E-state index contributed by atoms with van der Waals surface area (Å²) in [5.41, 5.74) is 12.3. The molecule has 3 saturated heterocycles. The summed E-state index contributed by atoms with van der Waals surface area (Å²) >= 11 is 0. The third-order valence-corrected chi connectivity index (χ3v) is 16.3. The quantitative estimate of drug-likeness (QED) is 0.0658. The van der Waals surface area contributed by atoms with Gasteiger partial charge >= 0.3 is 0 Å². The molecule has 1 unspecified atom stereocenters. The Hall–Kier alpha value is -6.64. The van der Waals surface area contributed by atoms with Crippen molar-refractivity contribution in [3.8, 4) is 39.4 Å². The highest BCUT2D eigenvalue weighted by Crippen LogP contribution is 2.38. The number of aliphatic hydroxyl groups excluding tert-OH is 2. The molecule has 8 heterocycles. The molecule has 0 spiro atoms. The number of aromatic nitrogens is 8. The van der Waals surface area contributed by atoms with Crippen molar-refractivity contribution in [2.45, 2.75) is 115 Å². The fraction of sp³-hybridized carbons (Fsp3) is 0.500. The Balaban J connectivity index is 0.605. The second-order valence-corrected chi connectivity index (χ2v) is 21.9. The van der Waals surface area contributed by atoms with Crippen LogP contribution in [0.3, 0.4) is 0 Å². The van der Waals surface area contributed by atoms with Gasteiger partial charge in [-0.05, 0) is 98.9 Å². The molecule has 7 aromatic rings. The fourth-order valence-electron chi connectivity index (χ4n) is 12.0. The van der Waals surface area contributed by atoms with Crippen LogP contribution in [0.2, 0.25) is 0 Å². The summed E-state index contributed by atoms with van der Waals surface area (Å²) in [7, 11) is 1.91. The normalized spacial score (nSPS) is 22.5. The molecule has 19 nitrogen and oxygen atoms in total. The minimum Gasteiger partial charge on any atom is -0.507 e. The molecule has 5 atom stereocenters. The summed E-state index contributed by atoms with van der Waals surface area (Å²) in [6.07, 6.45) is 14.7. The number of aromatic hydroxyl groups is 1. The molecular weight excluding hydrogens is 951 g/mol. The Morgan fingerprint density at radius 3 is 2.37 bits per heavy atom. The number of carbonyl (C=O) groups excluding carboxylic acids is 1. The van der Waals surface area contributed by atoms with Crippen LogP contribution in [0.1, 0.15) is 89.0 Å². The number of carbonyl (C=O) groups is 1. The largest absolute Gasteiger partial charge is 0.507 e. The first-order valence-electron chi connectivity index (χ1n) is 26.9. The molecule has 75 heavy (non-hydrogen) atoms. The van der Waals surface area contributed by atoms with Gasteiger partial charge in [0.2, 0.25) is 11.7 Å². The van der Waals surface area contributed by atoms with E-state index in [9.17, 15) is 20.1 Å². The topological polar surface area (TPSA) is 227 Å². The van der Waals surface area contributed by atoms with Gasteiger partial charge in [-0.25, -0.2) is 4.98 Å². The number of rotatable bonds is 17. The van der Waals surface area contributed by atoms with Crippen LogP contribution in [0, 0.1) is 17.8 Å². The van der Waals surface area contributed by atoms with Gasteiger partial charge in [-0.15, -0.1) is 0 Å². The maximum atomic E-state index is 13.8. The van der Waals surface area contributed by atoms with E-state index in [0.29, 0.717) is 52.7 Å². The van der Waals surface area contributed by atoms with Gasteiger partial charge < -0.3 is 45.4 Å². The summed E-state index contributed by atoms with van der Waals surface area (Å²) in [6, 6.07) is 18.1. The number of benzene rings is 2. The highest BCUT2D eigenvalue weighted by molar-refractivity contribution is 5.82. The summed E-state index contributed by atoms with van der Waals surface area (Å²) < 4.78 is 18.3. The lowest BCUT2D eigenvalue weighted by Crippen LogP contribution is -2.50. The van der Waals surface area contributed by atoms with Gasteiger partial charge in [0.15, 0.2) is 5.82 Å². The number of para-hydroxylation sites is 1. The number of nitrogens with one attached hydrogen (secondary N) is 1. The second kappa shape index (κ2) is 21.5. The van der Waals surface area contributed by atoms with E-state index in [1.54, 1.807) is 23.2 Å². The Morgan fingerprint density at radius 2 is 1.64 bits per heavy atom. The number of aryl methyl sites for hydroxylation is 1. The standard InChI is InChI=1S/C56H71N13O6/c1-34(2)52(55(73)69-31-41(70)25-48(69)54(72)60-35(3)38-9-11-39(12-10-38)47-13-18-58-64(47)4)50-26-51(63-75-50)66-21-14-36(15-22-66)28-65-19-16-42(17-20-65)74-43-23-37(24-43)29-68-30-40(27-59-68)45-32-67-33-46(61-56(67)62-53(45)57)44-7-5-6-8-49(44)71/h5-13,18,26-27,30,32-37,41-43,48,52,55,70-71,73H,14-17,19-25,28-29,31H2,1-4H3,(H,60,72)(H2,57,61,62)/t35-,37?,41+,43?,48-,52+,55?/m0/s1. The molecule has 5 aromatic heterocycles. The van der Waals surface area contributed by atoms with Crippen molar-refractivity contribution in [2.24, 2.45) is 24.8 Å². The minimum atomic E-state index is -1.06. The maximum Gasteiger partial charge on any atom is 0.238 e. The van der Waals surface area contributed by atoms with E-state index < -0.39 is 24.3 Å².